The molecular weight excluding hydrogens is 248 g/mol. The summed E-state index contributed by atoms with van der Waals surface area (Å²) < 4.78 is 2.21. The number of aromatic nitrogens is 3. The molecule has 2 aromatic rings. The Morgan fingerprint density at radius 3 is 2.85 bits per heavy atom. The summed E-state index contributed by atoms with van der Waals surface area (Å²) in [4.78, 5) is 8.86. The van der Waals surface area contributed by atoms with Gasteiger partial charge in [0.05, 0.1) is 12.2 Å². The third-order valence-electron chi connectivity index (χ3n) is 4.07. The van der Waals surface area contributed by atoms with Crippen LogP contribution < -0.4 is 5.32 Å². The molecule has 1 fully saturated rings. The minimum Gasteiger partial charge on any atom is -0.353 e. The highest BCUT2D eigenvalue weighted by Gasteiger charge is 2.17. The molecule has 0 aliphatic heterocycles. The maximum Gasteiger partial charge on any atom is 0.203 e. The number of imidazole rings is 1. The zero-order valence-electron chi connectivity index (χ0n) is 12.3. The first-order valence-corrected chi connectivity index (χ1v) is 7.42. The maximum absolute atomic E-state index is 4.63. The first-order chi connectivity index (χ1) is 9.72. The summed E-state index contributed by atoms with van der Waals surface area (Å²) in [5.41, 5.74) is 3.59. The molecule has 4 nitrogen and oxygen atoms in total. The van der Waals surface area contributed by atoms with Gasteiger partial charge >= 0.3 is 0 Å². The first-order valence-electron chi connectivity index (χ1n) is 7.42. The van der Waals surface area contributed by atoms with Crippen LogP contribution in [0.4, 0.5) is 5.95 Å². The third-order valence-corrected chi connectivity index (χ3v) is 4.07. The lowest BCUT2D eigenvalue weighted by Gasteiger charge is -2.15. The zero-order chi connectivity index (χ0) is 13.9. The van der Waals surface area contributed by atoms with Crippen molar-refractivity contribution in [2.24, 2.45) is 0 Å². The summed E-state index contributed by atoms with van der Waals surface area (Å²) in [5.74, 6) is 0.998. The van der Waals surface area contributed by atoms with Gasteiger partial charge in [-0.25, -0.2) is 4.98 Å². The van der Waals surface area contributed by atoms with E-state index >= 15 is 0 Å². The molecule has 2 aromatic heterocycles. The fourth-order valence-electron chi connectivity index (χ4n) is 2.88. The molecule has 0 radical (unpaired) electrons. The van der Waals surface area contributed by atoms with E-state index in [0.29, 0.717) is 6.04 Å². The topological polar surface area (TPSA) is 42.7 Å². The highest BCUT2D eigenvalue weighted by Crippen LogP contribution is 2.22. The molecule has 1 aliphatic carbocycles. The Balaban J connectivity index is 1.80. The maximum atomic E-state index is 4.63. The van der Waals surface area contributed by atoms with Crippen LogP contribution in [0.25, 0.3) is 0 Å². The van der Waals surface area contributed by atoms with E-state index in [2.05, 4.69) is 39.0 Å². The molecule has 2 heterocycles. The van der Waals surface area contributed by atoms with E-state index in [0.717, 1.165) is 18.2 Å². The summed E-state index contributed by atoms with van der Waals surface area (Å²) in [6.45, 7) is 5.01. The van der Waals surface area contributed by atoms with Crippen molar-refractivity contribution in [3.05, 3.63) is 41.5 Å². The molecule has 4 heteroatoms. The van der Waals surface area contributed by atoms with Crippen molar-refractivity contribution in [3.63, 3.8) is 0 Å². The second-order valence-corrected chi connectivity index (χ2v) is 5.76. The number of pyridine rings is 1. The van der Waals surface area contributed by atoms with Gasteiger partial charge in [0.15, 0.2) is 0 Å². The molecule has 0 bridgehead atoms. The van der Waals surface area contributed by atoms with Gasteiger partial charge in [-0.2, -0.15) is 0 Å². The number of nitrogens with one attached hydrogen (secondary N) is 1. The van der Waals surface area contributed by atoms with Crippen molar-refractivity contribution in [2.45, 2.75) is 52.1 Å². The van der Waals surface area contributed by atoms with Gasteiger partial charge in [-0.15, -0.1) is 0 Å². The standard InChI is InChI=1S/C16H22N4/c1-12-7-8-17-9-14(12)11-20-10-13(2)18-16(20)19-15-5-3-4-6-15/h7-10,15H,3-6,11H2,1-2H3,(H,18,19). The summed E-state index contributed by atoms with van der Waals surface area (Å²) in [6.07, 6.45) is 11.1. The van der Waals surface area contributed by atoms with Crippen LogP contribution in [0.5, 0.6) is 0 Å². The summed E-state index contributed by atoms with van der Waals surface area (Å²) in [5, 5.41) is 3.60. The molecule has 0 amide bonds. The van der Waals surface area contributed by atoms with Crippen molar-refractivity contribution < 1.29 is 0 Å². The highest BCUT2D eigenvalue weighted by molar-refractivity contribution is 5.33. The van der Waals surface area contributed by atoms with E-state index in [1.165, 1.54) is 36.8 Å². The monoisotopic (exact) mass is 270 g/mol. The van der Waals surface area contributed by atoms with E-state index in [-0.39, 0.29) is 0 Å². The molecule has 1 N–H and O–H groups in total. The smallest absolute Gasteiger partial charge is 0.203 e. The minimum atomic E-state index is 0.588. The van der Waals surface area contributed by atoms with Crippen LogP contribution in [-0.2, 0) is 6.54 Å². The Labute approximate surface area is 120 Å². The predicted octanol–water partition coefficient (Wildman–Crippen LogP) is 3.30. The summed E-state index contributed by atoms with van der Waals surface area (Å²) in [6, 6.07) is 2.65. The van der Waals surface area contributed by atoms with Gasteiger partial charge in [-0.1, -0.05) is 12.8 Å². The van der Waals surface area contributed by atoms with Crippen LogP contribution in [0, 0.1) is 13.8 Å². The van der Waals surface area contributed by atoms with Crippen molar-refractivity contribution in [1.29, 1.82) is 0 Å². The first kappa shape index (κ1) is 13.2. The average Bonchev–Trinajstić information content (AvgIpc) is 3.03. The number of anilines is 1. The molecule has 0 aromatic carbocycles. The molecule has 0 spiro atoms. The van der Waals surface area contributed by atoms with Gasteiger partial charge in [0.1, 0.15) is 0 Å². The fraction of sp³-hybridized carbons (Fsp3) is 0.500. The van der Waals surface area contributed by atoms with Crippen LogP contribution in [0.2, 0.25) is 0 Å². The Hall–Kier alpha value is -1.84. The normalized spacial score (nSPS) is 15.7. The molecule has 0 atom stereocenters. The van der Waals surface area contributed by atoms with Crippen molar-refractivity contribution in [2.75, 3.05) is 5.32 Å². The van der Waals surface area contributed by atoms with E-state index in [9.17, 15) is 0 Å². The quantitative estimate of drug-likeness (QED) is 0.927. The largest absolute Gasteiger partial charge is 0.353 e. The van der Waals surface area contributed by atoms with Gasteiger partial charge in [0.25, 0.3) is 0 Å². The van der Waals surface area contributed by atoms with Crippen LogP contribution in [0.15, 0.2) is 24.7 Å². The van der Waals surface area contributed by atoms with Crippen LogP contribution in [0.3, 0.4) is 0 Å². The second kappa shape index (κ2) is 5.65. The van der Waals surface area contributed by atoms with E-state index in [4.69, 9.17) is 0 Å². The van der Waals surface area contributed by atoms with Crippen molar-refractivity contribution in [1.82, 2.24) is 14.5 Å². The lowest BCUT2D eigenvalue weighted by Crippen LogP contribution is -2.18. The number of aryl methyl sites for hydroxylation is 2. The lowest BCUT2D eigenvalue weighted by atomic mass is 10.1. The third kappa shape index (κ3) is 2.84. The minimum absolute atomic E-state index is 0.588. The molecule has 106 valence electrons. The molecule has 0 unspecified atom stereocenters. The van der Waals surface area contributed by atoms with E-state index in [1.54, 1.807) is 0 Å². The Kier molecular flexibility index (Phi) is 3.72. The number of nitrogens with zero attached hydrogens (tertiary/aromatic N) is 3. The molecule has 1 saturated carbocycles. The van der Waals surface area contributed by atoms with Gasteiger partial charge in [-0.05, 0) is 43.9 Å². The summed E-state index contributed by atoms with van der Waals surface area (Å²) in [7, 11) is 0. The molecule has 20 heavy (non-hydrogen) atoms. The number of rotatable bonds is 4. The molecule has 1 aliphatic rings. The molecule has 3 rings (SSSR count). The van der Waals surface area contributed by atoms with Gasteiger partial charge < -0.3 is 9.88 Å². The highest BCUT2D eigenvalue weighted by atomic mass is 15.2. The predicted molar refractivity (Wildman–Crippen MR) is 80.9 cm³/mol. The fourth-order valence-corrected chi connectivity index (χ4v) is 2.88. The lowest BCUT2D eigenvalue weighted by molar-refractivity contribution is 0.714. The van der Waals surface area contributed by atoms with E-state index in [1.807, 2.05) is 19.3 Å². The number of hydrogen-bond acceptors (Lipinski definition) is 3. The Morgan fingerprint density at radius 1 is 1.30 bits per heavy atom. The Bertz CT molecular complexity index is 582. The van der Waals surface area contributed by atoms with Gasteiger partial charge in [0, 0.05) is 24.6 Å². The van der Waals surface area contributed by atoms with Crippen LogP contribution in [0.1, 0.15) is 42.5 Å². The molecule has 0 saturated heterocycles. The van der Waals surface area contributed by atoms with E-state index < -0.39 is 0 Å². The van der Waals surface area contributed by atoms with Gasteiger partial charge in [0.2, 0.25) is 5.95 Å². The van der Waals surface area contributed by atoms with Crippen molar-refractivity contribution in [3.8, 4) is 0 Å². The summed E-state index contributed by atoms with van der Waals surface area (Å²) >= 11 is 0. The molecular formula is C16H22N4. The Morgan fingerprint density at radius 2 is 2.10 bits per heavy atom. The average molecular weight is 270 g/mol. The van der Waals surface area contributed by atoms with Crippen molar-refractivity contribution >= 4 is 5.95 Å². The SMILES string of the molecule is Cc1cn(Cc2cnccc2C)c(NC2CCCC2)n1. The van der Waals surface area contributed by atoms with Crippen LogP contribution in [-0.4, -0.2) is 20.6 Å². The zero-order valence-corrected chi connectivity index (χ0v) is 12.3. The van der Waals surface area contributed by atoms with Gasteiger partial charge in [-0.3, -0.25) is 4.98 Å². The number of hydrogen-bond donors (Lipinski definition) is 1. The second-order valence-electron chi connectivity index (χ2n) is 5.76. The van der Waals surface area contributed by atoms with Crippen LogP contribution >= 0.6 is 0 Å².